The van der Waals surface area contributed by atoms with Gasteiger partial charge in [0.1, 0.15) is 5.00 Å². The molecular formula is C27H35N3O4S. The molecule has 2 heterocycles. The number of esters is 1. The molecule has 4 rings (SSSR count). The van der Waals surface area contributed by atoms with Crippen molar-refractivity contribution in [2.75, 3.05) is 31.6 Å². The smallest absolute Gasteiger partial charge is 0.341 e. The molecule has 1 fully saturated rings. The largest absolute Gasteiger partial charge is 0.462 e. The molecule has 0 saturated carbocycles. The Balaban J connectivity index is 1.29. The number of nitrogens with one attached hydrogen (secondary N) is 2. The fourth-order valence-electron chi connectivity index (χ4n) is 4.91. The monoisotopic (exact) mass is 497 g/mol. The molecule has 1 aromatic heterocycles. The molecule has 1 aromatic carbocycles. The minimum Gasteiger partial charge on any atom is -0.462 e. The van der Waals surface area contributed by atoms with Crippen LogP contribution in [0.25, 0.3) is 0 Å². The Hall–Kier alpha value is -2.71. The van der Waals surface area contributed by atoms with E-state index in [1.54, 1.807) is 6.92 Å². The number of anilines is 1. The highest BCUT2D eigenvalue weighted by atomic mass is 32.1. The minimum absolute atomic E-state index is 0.0283. The van der Waals surface area contributed by atoms with Crippen LogP contribution >= 0.6 is 11.3 Å². The van der Waals surface area contributed by atoms with Crippen LogP contribution in [0.4, 0.5) is 5.00 Å². The average molecular weight is 498 g/mol. The quantitative estimate of drug-likeness (QED) is 0.538. The predicted molar refractivity (Wildman–Crippen MR) is 138 cm³/mol. The Morgan fingerprint density at radius 3 is 2.57 bits per heavy atom. The highest BCUT2D eigenvalue weighted by Gasteiger charge is 2.30. The topological polar surface area (TPSA) is 87.7 Å². The Kier molecular flexibility index (Phi) is 8.57. The molecule has 1 saturated heterocycles. The highest BCUT2D eigenvalue weighted by molar-refractivity contribution is 7.17. The van der Waals surface area contributed by atoms with Gasteiger partial charge in [-0.15, -0.1) is 11.3 Å². The fraction of sp³-hybridized carbons (Fsp3) is 0.519. The van der Waals surface area contributed by atoms with Crippen molar-refractivity contribution in [1.82, 2.24) is 10.2 Å². The fourth-order valence-corrected chi connectivity index (χ4v) is 6.32. The van der Waals surface area contributed by atoms with Crippen LogP contribution in [0.2, 0.25) is 0 Å². The first-order valence-electron chi connectivity index (χ1n) is 12.6. The van der Waals surface area contributed by atoms with Gasteiger partial charge in [-0.1, -0.05) is 37.3 Å². The van der Waals surface area contributed by atoms with E-state index in [1.807, 2.05) is 30.3 Å². The molecule has 0 radical (unpaired) electrons. The predicted octanol–water partition coefficient (Wildman–Crippen LogP) is 4.02. The number of fused-ring (bicyclic) bond motifs is 1. The minimum atomic E-state index is -0.350. The van der Waals surface area contributed by atoms with Gasteiger partial charge in [-0.05, 0) is 69.2 Å². The SMILES string of the molecule is CCOC(=O)c1c(NC(=O)CN2CCC(C(=O)NCc3ccccc3)CC2)sc2c1CCC(C)C2. The molecule has 0 spiro atoms. The van der Waals surface area contributed by atoms with Gasteiger partial charge < -0.3 is 15.4 Å². The first-order valence-corrected chi connectivity index (χ1v) is 13.4. The maximum Gasteiger partial charge on any atom is 0.341 e. The van der Waals surface area contributed by atoms with E-state index in [2.05, 4.69) is 22.5 Å². The lowest BCUT2D eigenvalue weighted by Gasteiger charge is -2.30. The van der Waals surface area contributed by atoms with Gasteiger partial charge in [0.05, 0.1) is 18.7 Å². The summed E-state index contributed by atoms with van der Waals surface area (Å²) in [4.78, 5) is 41.4. The number of likely N-dealkylation sites (tertiary alicyclic amines) is 1. The molecule has 2 aliphatic rings. The molecule has 8 heteroatoms. The number of ether oxygens (including phenoxy) is 1. The lowest BCUT2D eigenvalue weighted by atomic mass is 9.88. The van der Waals surface area contributed by atoms with Crippen LogP contribution in [0, 0.1) is 11.8 Å². The number of rotatable bonds is 8. The molecule has 2 N–H and O–H groups in total. The summed E-state index contributed by atoms with van der Waals surface area (Å²) in [6, 6.07) is 9.89. The number of benzene rings is 1. The lowest BCUT2D eigenvalue weighted by Crippen LogP contribution is -2.43. The highest BCUT2D eigenvalue weighted by Crippen LogP contribution is 2.40. The Labute approximate surface area is 211 Å². The van der Waals surface area contributed by atoms with Gasteiger partial charge in [-0.3, -0.25) is 14.5 Å². The zero-order valence-corrected chi connectivity index (χ0v) is 21.4. The number of piperidine rings is 1. The third-order valence-corrected chi connectivity index (χ3v) is 8.05. The van der Waals surface area contributed by atoms with Crippen molar-refractivity contribution in [3.8, 4) is 0 Å². The van der Waals surface area contributed by atoms with Gasteiger partial charge in [0.25, 0.3) is 0 Å². The first-order chi connectivity index (χ1) is 16.9. The number of hydrogen-bond acceptors (Lipinski definition) is 6. The molecule has 1 aliphatic carbocycles. The van der Waals surface area contributed by atoms with E-state index < -0.39 is 0 Å². The molecule has 188 valence electrons. The number of hydrogen-bond donors (Lipinski definition) is 2. The van der Waals surface area contributed by atoms with Crippen molar-refractivity contribution in [3.05, 3.63) is 51.9 Å². The average Bonchev–Trinajstić information content (AvgIpc) is 3.20. The van der Waals surface area contributed by atoms with E-state index in [4.69, 9.17) is 4.74 Å². The van der Waals surface area contributed by atoms with E-state index >= 15 is 0 Å². The Bertz CT molecular complexity index is 1040. The van der Waals surface area contributed by atoms with Gasteiger partial charge >= 0.3 is 5.97 Å². The Morgan fingerprint density at radius 1 is 1.11 bits per heavy atom. The molecule has 1 aliphatic heterocycles. The van der Waals surface area contributed by atoms with E-state index in [0.717, 1.165) is 43.2 Å². The lowest BCUT2D eigenvalue weighted by molar-refractivity contribution is -0.126. The molecule has 35 heavy (non-hydrogen) atoms. The maximum absolute atomic E-state index is 12.9. The second-order valence-corrected chi connectivity index (χ2v) is 10.7. The van der Waals surface area contributed by atoms with Crippen molar-refractivity contribution in [2.45, 2.75) is 52.5 Å². The van der Waals surface area contributed by atoms with Crippen molar-refractivity contribution in [2.24, 2.45) is 11.8 Å². The summed E-state index contributed by atoms with van der Waals surface area (Å²) < 4.78 is 5.30. The molecule has 1 unspecified atom stereocenters. The summed E-state index contributed by atoms with van der Waals surface area (Å²) in [7, 11) is 0. The number of nitrogens with zero attached hydrogens (tertiary/aromatic N) is 1. The van der Waals surface area contributed by atoms with E-state index in [-0.39, 0.29) is 30.2 Å². The van der Waals surface area contributed by atoms with E-state index in [0.29, 0.717) is 42.7 Å². The molecule has 7 nitrogen and oxygen atoms in total. The van der Waals surface area contributed by atoms with Crippen LogP contribution in [0.15, 0.2) is 30.3 Å². The van der Waals surface area contributed by atoms with E-state index in [1.165, 1.54) is 16.2 Å². The van der Waals surface area contributed by atoms with Crippen molar-refractivity contribution in [1.29, 1.82) is 0 Å². The zero-order chi connectivity index (χ0) is 24.8. The van der Waals surface area contributed by atoms with E-state index in [9.17, 15) is 14.4 Å². The van der Waals surface area contributed by atoms with Crippen LogP contribution in [0.1, 0.15) is 59.5 Å². The maximum atomic E-state index is 12.9. The van der Waals surface area contributed by atoms with Gasteiger partial charge in [-0.25, -0.2) is 4.79 Å². The van der Waals surface area contributed by atoms with Crippen LogP contribution in [0.3, 0.4) is 0 Å². The number of amides is 2. The molecule has 1 atom stereocenters. The molecular weight excluding hydrogens is 462 g/mol. The third kappa shape index (κ3) is 6.49. The normalized spacial score (nSPS) is 18.5. The zero-order valence-electron chi connectivity index (χ0n) is 20.6. The number of carbonyl (C=O) groups excluding carboxylic acids is 3. The van der Waals surface area contributed by atoms with Gasteiger partial charge in [-0.2, -0.15) is 0 Å². The Morgan fingerprint density at radius 2 is 1.86 bits per heavy atom. The summed E-state index contributed by atoms with van der Waals surface area (Å²) in [5.41, 5.74) is 2.67. The van der Waals surface area contributed by atoms with Crippen molar-refractivity contribution in [3.63, 3.8) is 0 Å². The second-order valence-electron chi connectivity index (χ2n) is 9.58. The summed E-state index contributed by atoms with van der Waals surface area (Å²) in [5, 5.41) is 6.64. The number of carbonyl (C=O) groups is 3. The van der Waals surface area contributed by atoms with Gasteiger partial charge in [0.15, 0.2) is 0 Å². The van der Waals surface area contributed by atoms with Crippen molar-refractivity contribution >= 4 is 34.1 Å². The van der Waals surface area contributed by atoms with Crippen molar-refractivity contribution < 1.29 is 19.1 Å². The van der Waals surface area contributed by atoms with Crippen LogP contribution in [0.5, 0.6) is 0 Å². The first kappa shape index (κ1) is 25.4. The molecule has 2 aromatic rings. The standard InChI is InChI=1S/C27H35N3O4S/c1-3-34-27(33)24-21-10-9-18(2)15-22(21)35-26(24)29-23(31)17-30-13-11-20(12-14-30)25(32)28-16-19-7-5-4-6-8-19/h4-8,18,20H,3,9-17H2,1-2H3,(H,28,32)(H,29,31). The van der Waals surface area contributed by atoms with Crippen LogP contribution in [-0.2, 0) is 33.7 Å². The summed E-state index contributed by atoms with van der Waals surface area (Å²) >= 11 is 1.51. The van der Waals surface area contributed by atoms with Gasteiger partial charge in [0, 0.05) is 17.3 Å². The summed E-state index contributed by atoms with van der Waals surface area (Å²) in [6.45, 7) is 6.49. The number of thiophene rings is 1. The summed E-state index contributed by atoms with van der Waals surface area (Å²) in [5.74, 6) is 0.146. The molecule has 2 amide bonds. The second kappa shape index (κ2) is 11.8. The molecule has 0 bridgehead atoms. The van der Waals surface area contributed by atoms with Crippen LogP contribution < -0.4 is 10.6 Å². The van der Waals surface area contributed by atoms with Crippen LogP contribution in [-0.4, -0.2) is 48.9 Å². The summed E-state index contributed by atoms with van der Waals surface area (Å²) in [6.07, 6.45) is 4.27. The van der Waals surface area contributed by atoms with Gasteiger partial charge in [0.2, 0.25) is 11.8 Å². The third-order valence-electron chi connectivity index (χ3n) is 6.88.